The molecular weight excluding hydrogens is 338 g/mol. The van der Waals surface area contributed by atoms with Crippen LogP contribution in [-0.2, 0) is 6.54 Å². The average Bonchev–Trinajstić information content (AvgIpc) is 3.18. The number of furan rings is 1. The second-order valence-corrected chi connectivity index (χ2v) is 5.86. The molecule has 0 unspecified atom stereocenters. The van der Waals surface area contributed by atoms with Gasteiger partial charge in [0.2, 0.25) is 11.7 Å². The van der Waals surface area contributed by atoms with Crippen LogP contribution in [0.3, 0.4) is 0 Å². The van der Waals surface area contributed by atoms with Gasteiger partial charge in [-0.15, -0.1) is 5.10 Å². The Morgan fingerprint density at radius 2 is 2.12 bits per heavy atom. The van der Waals surface area contributed by atoms with Crippen molar-refractivity contribution in [2.45, 2.75) is 33.2 Å². The molecule has 0 saturated heterocycles. The van der Waals surface area contributed by atoms with E-state index in [0.29, 0.717) is 35.0 Å². The number of unbranched alkanes of at least 4 members (excludes halogenated alkanes) is 1. The number of hydrogen-bond acceptors (Lipinski definition) is 7. The first-order chi connectivity index (χ1) is 12.5. The second-order valence-electron chi connectivity index (χ2n) is 5.86. The minimum Gasteiger partial charge on any atom is -0.496 e. The van der Waals surface area contributed by atoms with E-state index in [1.54, 1.807) is 32.2 Å². The van der Waals surface area contributed by atoms with Crippen LogP contribution in [0.2, 0.25) is 0 Å². The zero-order valence-electron chi connectivity index (χ0n) is 15.0. The van der Waals surface area contributed by atoms with Gasteiger partial charge in [-0.25, -0.2) is 10.1 Å². The average molecular weight is 359 g/mol. The van der Waals surface area contributed by atoms with E-state index in [-0.39, 0.29) is 23.8 Å². The molecule has 0 fully saturated rings. The molecule has 0 saturated carbocycles. The van der Waals surface area contributed by atoms with Crippen molar-refractivity contribution in [2.75, 3.05) is 13.7 Å². The van der Waals surface area contributed by atoms with Crippen LogP contribution in [0.15, 0.2) is 27.0 Å². The molecule has 8 nitrogen and oxygen atoms in total. The first kappa shape index (κ1) is 17.8. The molecule has 8 heteroatoms. The van der Waals surface area contributed by atoms with Gasteiger partial charge in [0, 0.05) is 19.1 Å². The first-order valence-corrected chi connectivity index (χ1v) is 8.38. The van der Waals surface area contributed by atoms with E-state index in [9.17, 15) is 4.79 Å². The second kappa shape index (κ2) is 7.47. The quantitative estimate of drug-likeness (QED) is 0.490. The van der Waals surface area contributed by atoms with Crippen LogP contribution in [0.1, 0.15) is 36.2 Å². The summed E-state index contributed by atoms with van der Waals surface area (Å²) in [5.74, 6) is 1.38. The highest BCUT2D eigenvalue weighted by atomic mass is 16.5. The molecule has 0 amide bonds. The molecular formula is C18H21N3O5. The van der Waals surface area contributed by atoms with Crippen molar-refractivity contribution in [3.63, 3.8) is 0 Å². The third-order valence-corrected chi connectivity index (χ3v) is 3.87. The summed E-state index contributed by atoms with van der Waals surface area (Å²) in [6.07, 6.45) is 1.95. The van der Waals surface area contributed by atoms with Crippen molar-refractivity contribution in [3.8, 4) is 11.5 Å². The molecule has 138 valence electrons. The number of carbonyl (C=O) groups excluding carboxylic acids is 1. The third-order valence-electron chi connectivity index (χ3n) is 3.87. The Morgan fingerprint density at radius 3 is 2.77 bits per heavy atom. The van der Waals surface area contributed by atoms with E-state index in [1.165, 1.54) is 4.68 Å². The largest absolute Gasteiger partial charge is 0.496 e. The normalized spacial score (nSPS) is 11.0. The van der Waals surface area contributed by atoms with E-state index in [0.717, 1.165) is 12.8 Å². The number of carbonyl (C=O) groups is 1. The number of Topliss-reactive ketones (excluding diaryl/α,β-unsaturated/α-hetero) is 1. The molecule has 2 aromatic heterocycles. The van der Waals surface area contributed by atoms with Crippen molar-refractivity contribution >= 4 is 16.8 Å². The number of nitrogens with zero attached hydrogens (tertiary/aromatic N) is 2. The molecule has 1 N–H and O–H groups in total. The fourth-order valence-electron chi connectivity index (χ4n) is 2.53. The minimum atomic E-state index is -0.313. The fraction of sp³-hybridized carbons (Fsp3) is 0.389. The van der Waals surface area contributed by atoms with Crippen LogP contribution in [-0.4, -0.2) is 29.3 Å². The summed E-state index contributed by atoms with van der Waals surface area (Å²) >= 11 is 0. The van der Waals surface area contributed by atoms with Crippen LogP contribution in [0.4, 0.5) is 0 Å². The standard InChI is InChI=1S/C18H21N3O5/c1-4-5-6-24-15-7-12(23-3)8-16-13(15)9-17(26-16)14(22)10-21-18(19)25-11(2)20-21/h7-9,19H,4-6,10H2,1-3H3. The van der Waals surface area contributed by atoms with Gasteiger partial charge in [-0.3, -0.25) is 4.79 Å². The maximum atomic E-state index is 12.5. The monoisotopic (exact) mass is 359 g/mol. The van der Waals surface area contributed by atoms with Gasteiger partial charge in [-0.05, 0) is 12.5 Å². The predicted molar refractivity (Wildman–Crippen MR) is 92.6 cm³/mol. The van der Waals surface area contributed by atoms with Crippen LogP contribution >= 0.6 is 0 Å². The number of methoxy groups -OCH3 is 1. The molecule has 3 rings (SSSR count). The van der Waals surface area contributed by atoms with Gasteiger partial charge < -0.3 is 18.3 Å². The number of aryl methyl sites for hydroxylation is 1. The van der Waals surface area contributed by atoms with Gasteiger partial charge in [0.05, 0.1) is 19.1 Å². The third kappa shape index (κ3) is 3.63. The molecule has 0 atom stereocenters. The number of rotatable bonds is 8. The molecule has 26 heavy (non-hydrogen) atoms. The zero-order valence-corrected chi connectivity index (χ0v) is 15.0. The number of hydrogen-bond donors (Lipinski definition) is 1. The number of benzene rings is 1. The first-order valence-electron chi connectivity index (χ1n) is 8.38. The summed E-state index contributed by atoms with van der Waals surface area (Å²) in [5.41, 5.74) is 0.323. The Morgan fingerprint density at radius 1 is 1.31 bits per heavy atom. The van der Waals surface area contributed by atoms with Gasteiger partial charge >= 0.3 is 5.68 Å². The lowest BCUT2D eigenvalue weighted by molar-refractivity contribution is 0.0938. The highest BCUT2D eigenvalue weighted by Gasteiger charge is 2.18. The molecule has 0 aliphatic heterocycles. The summed E-state index contributed by atoms with van der Waals surface area (Å²) in [6, 6.07) is 5.14. The molecule has 0 aliphatic carbocycles. The van der Waals surface area contributed by atoms with Crippen LogP contribution < -0.4 is 15.2 Å². The lowest BCUT2D eigenvalue weighted by atomic mass is 10.2. The van der Waals surface area contributed by atoms with Crippen LogP contribution in [0.25, 0.3) is 11.0 Å². The van der Waals surface area contributed by atoms with Crippen molar-refractivity contribution in [2.24, 2.45) is 0 Å². The fourth-order valence-corrected chi connectivity index (χ4v) is 2.53. The number of aromatic nitrogens is 2. The highest BCUT2D eigenvalue weighted by molar-refractivity contribution is 5.99. The van der Waals surface area contributed by atoms with E-state index >= 15 is 0 Å². The highest BCUT2D eigenvalue weighted by Crippen LogP contribution is 2.34. The Balaban J connectivity index is 1.91. The molecule has 2 heterocycles. The maximum absolute atomic E-state index is 12.5. The Kier molecular flexibility index (Phi) is 5.11. The van der Waals surface area contributed by atoms with Gasteiger partial charge in [-0.1, -0.05) is 13.3 Å². The number of nitrogens with one attached hydrogen (secondary N) is 1. The Labute approximate surface area is 149 Å². The summed E-state index contributed by atoms with van der Waals surface area (Å²) in [4.78, 5) is 12.5. The topological polar surface area (TPSA) is 103 Å². The Hall–Kier alpha value is -3.03. The van der Waals surface area contributed by atoms with Crippen molar-refractivity contribution in [3.05, 3.63) is 35.5 Å². The Bertz CT molecular complexity index is 983. The summed E-state index contributed by atoms with van der Waals surface area (Å²) in [6.45, 7) is 4.14. The molecule has 3 aromatic rings. The number of fused-ring (bicyclic) bond motifs is 1. The lowest BCUT2D eigenvalue weighted by Gasteiger charge is -2.08. The molecule has 0 bridgehead atoms. The van der Waals surface area contributed by atoms with E-state index in [2.05, 4.69) is 12.0 Å². The van der Waals surface area contributed by atoms with Gasteiger partial charge in [0.25, 0.3) is 0 Å². The molecule has 0 radical (unpaired) electrons. The van der Waals surface area contributed by atoms with Crippen molar-refractivity contribution < 1.29 is 23.1 Å². The number of ketones is 1. The lowest BCUT2D eigenvalue weighted by Crippen LogP contribution is -2.21. The van der Waals surface area contributed by atoms with Gasteiger partial charge in [0.1, 0.15) is 23.6 Å². The minimum absolute atomic E-state index is 0.140. The van der Waals surface area contributed by atoms with Crippen LogP contribution in [0, 0.1) is 12.3 Å². The zero-order chi connectivity index (χ0) is 18.7. The maximum Gasteiger partial charge on any atom is 0.312 e. The van der Waals surface area contributed by atoms with Gasteiger partial charge in [-0.2, -0.15) is 0 Å². The summed E-state index contributed by atoms with van der Waals surface area (Å²) < 4.78 is 23.0. The molecule has 0 aliphatic rings. The van der Waals surface area contributed by atoms with Crippen LogP contribution in [0.5, 0.6) is 11.5 Å². The van der Waals surface area contributed by atoms with E-state index < -0.39 is 0 Å². The predicted octanol–water partition coefficient (Wildman–Crippen LogP) is 3.08. The smallest absolute Gasteiger partial charge is 0.312 e. The number of ether oxygens (including phenoxy) is 2. The SMILES string of the molecule is CCCCOc1cc(OC)cc2oc(C(=O)Cn3nc(C)oc3=N)cc12. The van der Waals surface area contributed by atoms with Crippen molar-refractivity contribution in [1.29, 1.82) is 5.41 Å². The summed E-state index contributed by atoms with van der Waals surface area (Å²) in [5, 5.41) is 12.3. The summed E-state index contributed by atoms with van der Waals surface area (Å²) in [7, 11) is 1.56. The van der Waals surface area contributed by atoms with Gasteiger partial charge in [0.15, 0.2) is 5.76 Å². The van der Waals surface area contributed by atoms with E-state index in [4.69, 9.17) is 23.7 Å². The van der Waals surface area contributed by atoms with Crippen molar-refractivity contribution in [1.82, 2.24) is 9.78 Å². The molecule has 0 spiro atoms. The van der Waals surface area contributed by atoms with E-state index in [1.807, 2.05) is 0 Å². The molecule has 1 aromatic carbocycles.